The largest absolute Gasteiger partial charge is 0.342 e. The first-order valence-electron chi connectivity index (χ1n) is 9.88. The van der Waals surface area contributed by atoms with E-state index in [1.807, 2.05) is 48.0 Å². The van der Waals surface area contributed by atoms with E-state index in [1.165, 1.54) is 0 Å². The lowest BCUT2D eigenvalue weighted by molar-refractivity contribution is 0.0623. The van der Waals surface area contributed by atoms with Crippen LogP contribution in [0.5, 0.6) is 0 Å². The van der Waals surface area contributed by atoms with Crippen molar-refractivity contribution < 1.29 is 4.79 Å². The normalized spacial score (nSPS) is 16.8. The summed E-state index contributed by atoms with van der Waals surface area (Å²) in [5.74, 6) is 0.757. The van der Waals surface area contributed by atoms with Crippen LogP contribution in [0.4, 0.5) is 5.95 Å². The number of amides is 1. The molecule has 6 nitrogen and oxygen atoms in total. The number of rotatable bonds is 4. The minimum atomic E-state index is 0.0934. The summed E-state index contributed by atoms with van der Waals surface area (Å²) in [5.41, 5.74) is 2.54. The van der Waals surface area contributed by atoms with Crippen molar-refractivity contribution in [3.05, 3.63) is 58.5 Å². The number of nitrogens with zero attached hydrogens (tertiary/aromatic N) is 5. The molecule has 1 amide bonds. The van der Waals surface area contributed by atoms with Gasteiger partial charge in [0.1, 0.15) is 0 Å². The van der Waals surface area contributed by atoms with E-state index in [0.717, 1.165) is 52.3 Å². The van der Waals surface area contributed by atoms with Gasteiger partial charge in [-0.3, -0.25) is 9.78 Å². The lowest BCUT2D eigenvalue weighted by Crippen LogP contribution is -2.49. The average molecular weight is 454 g/mol. The monoisotopic (exact) mass is 453 g/mol. The molecular weight excluding hydrogens is 430 g/mol. The van der Waals surface area contributed by atoms with Gasteiger partial charge in [-0.2, -0.15) is 0 Å². The average Bonchev–Trinajstić information content (AvgIpc) is 2.74. The molecule has 2 aromatic heterocycles. The van der Waals surface area contributed by atoms with Crippen molar-refractivity contribution in [2.45, 2.75) is 32.2 Å². The predicted octanol–water partition coefficient (Wildman–Crippen LogP) is 4.23. The molecule has 0 bridgehead atoms. The summed E-state index contributed by atoms with van der Waals surface area (Å²) < 4.78 is 0.851. The maximum absolute atomic E-state index is 13.6. The maximum Gasteiger partial charge on any atom is 0.255 e. The summed E-state index contributed by atoms with van der Waals surface area (Å²) in [4.78, 5) is 31.0. The Hall–Kier alpha value is -2.54. The van der Waals surface area contributed by atoms with Gasteiger partial charge in [-0.05, 0) is 53.7 Å². The van der Waals surface area contributed by atoms with Crippen LogP contribution >= 0.6 is 15.9 Å². The molecule has 150 valence electrons. The molecule has 7 heteroatoms. The number of likely N-dealkylation sites (N-methyl/N-ethyl adjacent to an activating group) is 1. The summed E-state index contributed by atoms with van der Waals surface area (Å²) in [6.45, 7) is 3.44. The smallest absolute Gasteiger partial charge is 0.255 e. The zero-order valence-corrected chi connectivity index (χ0v) is 18.3. The molecule has 1 atom stereocenters. The van der Waals surface area contributed by atoms with Crippen molar-refractivity contribution in [3.8, 4) is 0 Å². The molecule has 1 aromatic carbocycles. The van der Waals surface area contributed by atoms with Crippen molar-refractivity contribution in [1.29, 1.82) is 0 Å². The second kappa shape index (κ2) is 8.45. The first-order chi connectivity index (χ1) is 14.0. The minimum Gasteiger partial charge on any atom is -0.342 e. The molecule has 0 spiro atoms. The molecule has 0 N–H and O–H groups in total. The number of carbonyl (C=O) groups excluding carboxylic acids is 1. The van der Waals surface area contributed by atoms with E-state index in [9.17, 15) is 4.79 Å². The number of carbonyl (C=O) groups is 1. The van der Waals surface area contributed by atoms with Crippen LogP contribution in [0.2, 0.25) is 0 Å². The van der Waals surface area contributed by atoms with Gasteiger partial charge in [-0.15, -0.1) is 0 Å². The lowest BCUT2D eigenvalue weighted by atomic mass is 9.97. The third kappa shape index (κ3) is 4.10. The number of halogens is 1. The van der Waals surface area contributed by atoms with Crippen LogP contribution in [0.15, 0.2) is 47.3 Å². The zero-order valence-electron chi connectivity index (χ0n) is 16.7. The van der Waals surface area contributed by atoms with Crippen LogP contribution in [0.3, 0.4) is 0 Å². The number of hydrogen-bond donors (Lipinski definition) is 0. The Morgan fingerprint density at radius 3 is 2.72 bits per heavy atom. The number of likely N-dealkylation sites (tertiary alicyclic amines) is 1. The fraction of sp³-hybridized carbons (Fsp3) is 0.364. The van der Waals surface area contributed by atoms with Crippen molar-refractivity contribution >= 4 is 38.7 Å². The van der Waals surface area contributed by atoms with Crippen LogP contribution in [-0.4, -0.2) is 51.9 Å². The summed E-state index contributed by atoms with van der Waals surface area (Å²) in [6, 6.07) is 7.99. The molecular formula is C22H24BrN5O. The first-order valence-corrected chi connectivity index (χ1v) is 10.7. The summed E-state index contributed by atoms with van der Waals surface area (Å²) in [5, 5.41) is 0.923. The summed E-state index contributed by atoms with van der Waals surface area (Å²) in [7, 11) is 1.98. The van der Waals surface area contributed by atoms with Crippen LogP contribution in [0.1, 0.15) is 35.2 Å². The van der Waals surface area contributed by atoms with Gasteiger partial charge in [0.2, 0.25) is 5.95 Å². The second-order valence-corrected chi connectivity index (χ2v) is 8.48. The standard InChI is InChI=1S/C22H24BrN5O/c1-15-11-24-19-9-4-3-8-18(19)20(15)21(29)28-10-6-5-7-17(28)14-27(2)22-25-12-16(23)13-26-22/h3-4,8-9,11-13,17H,5-7,10,14H2,1-2H3. The molecule has 0 aliphatic carbocycles. The number of fused-ring (bicyclic) bond motifs is 1. The Bertz CT molecular complexity index is 1020. The van der Waals surface area contributed by atoms with Gasteiger partial charge < -0.3 is 9.80 Å². The molecule has 3 aromatic rings. The molecule has 1 fully saturated rings. The van der Waals surface area contributed by atoms with Crippen molar-refractivity contribution in [3.63, 3.8) is 0 Å². The molecule has 1 aliphatic rings. The van der Waals surface area contributed by atoms with Crippen LogP contribution < -0.4 is 4.90 Å². The van der Waals surface area contributed by atoms with E-state index < -0.39 is 0 Å². The highest BCUT2D eigenvalue weighted by atomic mass is 79.9. The van der Waals surface area contributed by atoms with Crippen molar-refractivity contribution in [2.24, 2.45) is 0 Å². The summed E-state index contributed by atoms with van der Waals surface area (Å²) in [6.07, 6.45) is 8.43. The number of benzene rings is 1. The van der Waals surface area contributed by atoms with E-state index in [4.69, 9.17) is 0 Å². The Labute approximate surface area is 179 Å². The molecule has 1 saturated heterocycles. The number of hydrogen-bond acceptors (Lipinski definition) is 5. The third-order valence-corrected chi connectivity index (χ3v) is 5.91. The van der Waals surface area contributed by atoms with Gasteiger partial charge in [0, 0.05) is 50.2 Å². The van der Waals surface area contributed by atoms with E-state index in [0.29, 0.717) is 12.5 Å². The minimum absolute atomic E-state index is 0.0934. The van der Waals surface area contributed by atoms with E-state index in [1.54, 1.807) is 18.6 Å². The fourth-order valence-corrected chi connectivity index (χ4v) is 4.23. The molecule has 0 saturated carbocycles. The zero-order chi connectivity index (χ0) is 20.4. The number of aromatic nitrogens is 3. The highest BCUT2D eigenvalue weighted by molar-refractivity contribution is 9.10. The Morgan fingerprint density at radius 2 is 1.93 bits per heavy atom. The Morgan fingerprint density at radius 1 is 1.17 bits per heavy atom. The van der Waals surface area contributed by atoms with Crippen molar-refractivity contribution in [2.75, 3.05) is 25.0 Å². The number of aryl methyl sites for hydroxylation is 1. The van der Waals surface area contributed by atoms with Crippen LogP contribution in [0.25, 0.3) is 10.9 Å². The quantitative estimate of drug-likeness (QED) is 0.591. The number of anilines is 1. The molecule has 0 radical (unpaired) electrons. The third-order valence-electron chi connectivity index (χ3n) is 5.50. The molecule has 1 aliphatic heterocycles. The van der Waals surface area contributed by atoms with Gasteiger partial charge >= 0.3 is 0 Å². The van der Waals surface area contributed by atoms with E-state index >= 15 is 0 Å². The van der Waals surface area contributed by atoms with Gasteiger partial charge in [-0.25, -0.2) is 9.97 Å². The van der Waals surface area contributed by atoms with Gasteiger partial charge in [-0.1, -0.05) is 18.2 Å². The first kappa shape index (κ1) is 19.8. The molecule has 4 rings (SSSR count). The molecule has 29 heavy (non-hydrogen) atoms. The number of piperidine rings is 1. The number of para-hydroxylation sites is 1. The maximum atomic E-state index is 13.6. The topological polar surface area (TPSA) is 62.2 Å². The lowest BCUT2D eigenvalue weighted by Gasteiger charge is -2.38. The van der Waals surface area contributed by atoms with Gasteiger partial charge in [0.25, 0.3) is 5.91 Å². The van der Waals surface area contributed by atoms with Gasteiger partial charge in [0.15, 0.2) is 0 Å². The number of pyridine rings is 1. The second-order valence-electron chi connectivity index (χ2n) is 7.56. The SMILES string of the molecule is Cc1cnc2ccccc2c1C(=O)N1CCCCC1CN(C)c1ncc(Br)cn1. The molecule has 3 heterocycles. The van der Waals surface area contributed by atoms with Crippen molar-refractivity contribution in [1.82, 2.24) is 19.9 Å². The fourth-order valence-electron chi connectivity index (χ4n) is 4.03. The Kier molecular flexibility index (Phi) is 5.76. The Balaban J connectivity index is 1.61. The van der Waals surface area contributed by atoms with Crippen LogP contribution in [0, 0.1) is 6.92 Å². The van der Waals surface area contributed by atoms with Gasteiger partial charge in [0.05, 0.1) is 15.6 Å². The van der Waals surface area contributed by atoms with E-state index in [-0.39, 0.29) is 11.9 Å². The molecule has 1 unspecified atom stereocenters. The van der Waals surface area contributed by atoms with Crippen LogP contribution in [-0.2, 0) is 0 Å². The summed E-state index contributed by atoms with van der Waals surface area (Å²) >= 11 is 3.37. The highest BCUT2D eigenvalue weighted by Gasteiger charge is 2.30. The predicted molar refractivity (Wildman–Crippen MR) is 118 cm³/mol. The highest BCUT2D eigenvalue weighted by Crippen LogP contribution is 2.26. The van der Waals surface area contributed by atoms with E-state index in [2.05, 4.69) is 30.9 Å².